The van der Waals surface area contributed by atoms with Gasteiger partial charge >= 0.3 is 0 Å². The summed E-state index contributed by atoms with van der Waals surface area (Å²) in [6.45, 7) is 6.60. The minimum atomic E-state index is 0.960. The molecule has 1 aliphatic rings. The summed E-state index contributed by atoms with van der Waals surface area (Å²) in [5.41, 5.74) is 2.03. The first kappa shape index (κ1) is 11.5. The van der Waals surface area contributed by atoms with E-state index in [4.69, 9.17) is 0 Å². The fourth-order valence-electron chi connectivity index (χ4n) is 2.55. The highest BCUT2D eigenvalue weighted by Crippen LogP contribution is 2.18. The predicted octanol–water partition coefficient (Wildman–Crippen LogP) is 1.68. The van der Waals surface area contributed by atoms with Gasteiger partial charge in [0, 0.05) is 31.2 Å². The fourth-order valence-corrected chi connectivity index (χ4v) is 2.55. The van der Waals surface area contributed by atoms with Crippen LogP contribution in [-0.2, 0) is 6.54 Å². The minimum absolute atomic E-state index is 0.960. The smallest absolute Gasteiger partial charge is 0.160 e. The highest BCUT2D eigenvalue weighted by atomic mass is 15.2. The lowest BCUT2D eigenvalue weighted by Gasteiger charge is -2.15. The molecule has 0 bridgehead atoms. The van der Waals surface area contributed by atoms with Crippen molar-refractivity contribution in [1.82, 2.24) is 24.4 Å². The SMILES string of the molecule is Cc1[nH]cnc1-c1nccn1CCN1CCCC1. The molecular weight excluding hydrogens is 226 g/mol. The molecule has 0 aromatic carbocycles. The molecule has 0 amide bonds. The molecule has 96 valence electrons. The monoisotopic (exact) mass is 245 g/mol. The lowest BCUT2D eigenvalue weighted by atomic mass is 10.3. The second-order valence-corrected chi connectivity index (χ2v) is 4.87. The zero-order chi connectivity index (χ0) is 12.4. The Hall–Kier alpha value is -1.62. The topological polar surface area (TPSA) is 49.7 Å². The third-order valence-electron chi connectivity index (χ3n) is 3.61. The number of H-pyrrole nitrogens is 1. The molecule has 2 aromatic rings. The largest absolute Gasteiger partial charge is 0.348 e. The Morgan fingerprint density at radius 3 is 2.78 bits per heavy atom. The van der Waals surface area contributed by atoms with Crippen LogP contribution in [0.2, 0.25) is 0 Å². The Bertz CT molecular complexity index is 507. The number of likely N-dealkylation sites (tertiary alicyclic amines) is 1. The molecule has 1 N–H and O–H groups in total. The van der Waals surface area contributed by atoms with Crippen molar-refractivity contribution < 1.29 is 0 Å². The Kier molecular flexibility index (Phi) is 3.15. The van der Waals surface area contributed by atoms with Crippen LogP contribution in [-0.4, -0.2) is 44.1 Å². The number of hydrogen-bond donors (Lipinski definition) is 1. The van der Waals surface area contributed by atoms with Gasteiger partial charge in [0.1, 0.15) is 5.69 Å². The van der Waals surface area contributed by atoms with Crippen molar-refractivity contribution in [3.05, 3.63) is 24.4 Å². The van der Waals surface area contributed by atoms with Crippen molar-refractivity contribution in [1.29, 1.82) is 0 Å². The molecule has 1 saturated heterocycles. The van der Waals surface area contributed by atoms with Gasteiger partial charge in [0.2, 0.25) is 0 Å². The summed E-state index contributed by atoms with van der Waals surface area (Å²) in [6, 6.07) is 0. The molecule has 0 spiro atoms. The summed E-state index contributed by atoms with van der Waals surface area (Å²) < 4.78 is 2.20. The average Bonchev–Trinajstić information content (AvgIpc) is 3.06. The van der Waals surface area contributed by atoms with Gasteiger partial charge in [0.15, 0.2) is 5.82 Å². The maximum atomic E-state index is 4.43. The number of aromatic amines is 1. The molecule has 3 heterocycles. The van der Waals surface area contributed by atoms with Gasteiger partial charge in [-0.1, -0.05) is 0 Å². The summed E-state index contributed by atoms with van der Waals surface area (Å²) in [4.78, 5) is 14.4. The highest BCUT2D eigenvalue weighted by Gasteiger charge is 2.14. The van der Waals surface area contributed by atoms with Crippen LogP contribution >= 0.6 is 0 Å². The van der Waals surface area contributed by atoms with Gasteiger partial charge in [-0.3, -0.25) is 0 Å². The summed E-state index contributed by atoms with van der Waals surface area (Å²) in [7, 11) is 0. The summed E-state index contributed by atoms with van der Waals surface area (Å²) in [6.07, 6.45) is 8.31. The van der Waals surface area contributed by atoms with E-state index in [0.29, 0.717) is 0 Å². The fraction of sp³-hybridized carbons (Fsp3) is 0.538. The predicted molar refractivity (Wildman–Crippen MR) is 70.2 cm³/mol. The van der Waals surface area contributed by atoms with E-state index >= 15 is 0 Å². The average molecular weight is 245 g/mol. The number of imidazole rings is 2. The number of nitrogens with zero attached hydrogens (tertiary/aromatic N) is 4. The quantitative estimate of drug-likeness (QED) is 0.891. The van der Waals surface area contributed by atoms with Crippen molar-refractivity contribution in [3.63, 3.8) is 0 Å². The van der Waals surface area contributed by atoms with Crippen LogP contribution in [0, 0.1) is 6.92 Å². The van der Waals surface area contributed by atoms with Crippen LogP contribution in [0.4, 0.5) is 0 Å². The van der Waals surface area contributed by atoms with E-state index in [0.717, 1.165) is 30.3 Å². The molecule has 0 radical (unpaired) electrons. The number of aryl methyl sites for hydroxylation is 1. The van der Waals surface area contributed by atoms with Crippen LogP contribution < -0.4 is 0 Å². The molecule has 0 aliphatic carbocycles. The van der Waals surface area contributed by atoms with Crippen LogP contribution in [0.3, 0.4) is 0 Å². The second-order valence-electron chi connectivity index (χ2n) is 4.87. The molecule has 1 aliphatic heterocycles. The molecule has 18 heavy (non-hydrogen) atoms. The minimum Gasteiger partial charge on any atom is -0.348 e. The van der Waals surface area contributed by atoms with E-state index in [9.17, 15) is 0 Å². The van der Waals surface area contributed by atoms with E-state index in [1.54, 1.807) is 6.33 Å². The Morgan fingerprint density at radius 1 is 1.22 bits per heavy atom. The number of nitrogens with one attached hydrogen (secondary N) is 1. The molecular formula is C13H19N5. The molecule has 5 heteroatoms. The van der Waals surface area contributed by atoms with Gasteiger partial charge in [-0.05, 0) is 32.9 Å². The lowest BCUT2D eigenvalue weighted by molar-refractivity contribution is 0.323. The summed E-state index contributed by atoms with van der Waals surface area (Å²) >= 11 is 0. The van der Waals surface area contributed by atoms with Gasteiger partial charge in [0.05, 0.1) is 6.33 Å². The van der Waals surface area contributed by atoms with Gasteiger partial charge in [-0.15, -0.1) is 0 Å². The van der Waals surface area contributed by atoms with Crippen molar-refractivity contribution in [3.8, 4) is 11.5 Å². The van der Waals surface area contributed by atoms with Gasteiger partial charge in [-0.25, -0.2) is 9.97 Å². The lowest BCUT2D eigenvalue weighted by Crippen LogP contribution is -2.24. The van der Waals surface area contributed by atoms with E-state index in [1.165, 1.54) is 25.9 Å². The summed E-state index contributed by atoms with van der Waals surface area (Å²) in [5, 5.41) is 0. The molecule has 0 saturated carbocycles. The van der Waals surface area contributed by atoms with E-state index < -0.39 is 0 Å². The molecule has 2 aromatic heterocycles. The van der Waals surface area contributed by atoms with Gasteiger partial charge in [0.25, 0.3) is 0 Å². The maximum absolute atomic E-state index is 4.43. The van der Waals surface area contributed by atoms with Crippen molar-refractivity contribution in [2.75, 3.05) is 19.6 Å². The first-order chi connectivity index (χ1) is 8.84. The van der Waals surface area contributed by atoms with Crippen molar-refractivity contribution in [2.24, 2.45) is 0 Å². The molecule has 1 fully saturated rings. The Morgan fingerprint density at radius 2 is 2.06 bits per heavy atom. The van der Waals surface area contributed by atoms with Crippen LogP contribution in [0.25, 0.3) is 11.5 Å². The second kappa shape index (κ2) is 4.94. The number of rotatable bonds is 4. The molecule has 3 rings (SSSR count). The van der Waals surface area contributed by atoms with Crippen LogP contribution in [0.5, 0.6) is 0 Å². The van der Waals surface area contributed by atoms with Crippen molar-refractivity contribution >= 4 is 0 Å². The first-order valence-corrected chi connectivity index (χ1v) is 6.58. The number of aromatic nitrogens is 4. The van der Waals surface area contributed by atoms with Crippen molar-refractivity contribution in [2.45, 2.75) is 26.3 Å². The first-order valence-electron chi connectivity index (χ1n) is 6.58. The molecule has 0 atom stereocenters. The Balaban J connectivity index is 1.73. The third-order valence-corrected chi connectivity index (χ3v) is 3.61. The normalized spacial score (nSPS) is 16.5. The van der Waals surface area contributed by atoms with Gasteiger partial charge in [-0.2, -0.15) is 0 Å². The van der Waals surface area contributed by atoms with E-state index in [2.05, 4.69) is 24.4 Å². The maximum Gasteiger partial charge on any atom is 0.160 e. The zero-order valence-electron chi connectivity index (χ0n) is 10.8. The Labute approximate surface area is 107 Å². The van der Waals surface area contributed by atoms with E-state index in [1.807, 2.05) is 19.3 Å². The zero-order valence-corrected chi connectivity index (χ0v) is 10.8. The van der Waals surface area contributed by atoms with Crippen LogP contribution in [0.15, 0.2) is 18.7 Å². The summed E-state index contributed by atoms with van der Waals surface area (Å²) in [5.74, 6) is 0.966. The molecule has 0 unspecified atom stereocenters. The number of hydrogen-bond acceptors (Lipinski definition) is 3. The highest BCUT2D eigenvalue weighted by molar-refractivity contribution is 5.52. The van der Waals surface area contributed by atoms with Crippen LogP contribution in [0.1, 0.15) is 18.5 Å². The standard InChI is InChI=1S/C13H19N5/c1-11-12(16-10-15-11)13-14-4-7-18(13)9-8-17-5-2-3-6-17/h4,7,10H,2-3,5-6,8-9H2,1H3,(H,15,16). The molecule has 5 nitrogen and oxygen atoms in total. The van der Waals surface area contributed by atoms with Gasteiger partial charge < -0.3 is 14.5 Å². The van der Waals surface area contributed by atoms with E-state index in [-0.39, 0.29) is 0 Å². The third kappa shape index (κ3) is 2.18.